The lowest BCUT2D eigenvalue weighted by molar-refractivity contribution is -0.384. The van der Waals surface area contributed by atoms with Gasteiger partial charge in [-0.1, -0.05) is 23.9 Å². The Morgan fingerprint density at radius 3 is 2.89 bits per heavy atom. The quantitative estimate of drug-likeness (QED) is 0.293. The van der Waals surface area contributed by atoms with Gasteiger partial charge in [-0.15, -0.1) is 0 Å². The normalized spacial score (nSPS) is 11.2. The molecule has 1 amide bonds. The van der Waals surface area contributed by atoms with Crippen molar-refractivity contribution in [2.24, 2.45) is 5.10 Å². The van der Waals surface area contributed by atoms with Gasteiger partial charge in [0.2, 0.25) is 0 Å². The van der Waals surface area contributed by atoms with Crippen LogP contribution in [0.5, 0.6) is 0 Å². The number of fused-ring (bicyclic) bond motifs is 1. The number of thioether (sulfide) groups is 1. The Balaban J connectivity index is 1.55. The van der Waals surface area contributed by atoms with Crippen LogP contribution in [0.4, 0.5) is 5.69 Å². The molecule has 0 saturated carbocycles. The highest BCUT2D eigenvalue weighted by molar-refractivity contribution is 7.99. The highest BCUT2D eigenvalue weighted by Gasteiger charge is 2.08. The molecule has 2 aromatic carbocycles. The van der Waals surface area contributed by atoms with Crippen molar-refractivity contribution in [3.63, 3.8) is 0 Å². The number of hydrazone groups is 1. The van der Waals surface area contributed by atoms with Crippen molar-refractivity contribution in [1.82, 2.24) is 15.4 Å². The summed E-state index contributed by atoms with van der Waals surface area (Å²) in [5, 5.41) is 15.2. The summed E-state index contributed by atoms with van der Waals surface area (Å²) >= 11 is 1.28. The number of carbonyl (C=O) groups is 1. The van der Waals surface area contributed by atoms with E-state index in [9.17, 15) is 14.9 Å². The molecule has 1 aromatic heterocycles. The third-order valence-corrected chi connectivity index (χ3v) is 4.77. The third kappa shape index (κ3) is 4.70. The molecule has 0 unspecified atom stereocenters. The summed E-state index contributed by atoms with van der Waals surface area (Å²) in [7, 11) is 0. The predicted molar refractivity (Wildman–Crippen MR) is 105 cm³/mol. The first-order valence-corrected chi connectivity index (χ1v) is 9.07. The van der Waals surface area contributed by atoms with Crippen LogP contribution in [0.1, 0.15) is 16.7 Å². The number of nitrogens with zero attached hydrogens (tertiary/aromatic N) is 3. The maximum Gasteiger partial charge on any atom is 0.270 e. The van der Waals surface area contributed by atoms with Crippen molar-refractivity contribution in [2.75, 3.05) is 5.75 Å². The van der Waals surface area contributed by atoms with Crippen LogP contribution in [-0.4, -0.2) is 32.8 Å². The van der Waals surface area contributed by atoms with Gasteiger partial charge < -0.3 is 4.98 Å². The Labute approximate surface area is 159 Å². The van der Waals surface area contributed by atoms with E-state index in [-0.39, 0.29) is 17.3 Å². The van der Waals surface area contributed by atoms with Gasteiger partial charge in [0.1, 0.15) is 0 Å². The number of carbonyl (C=O) groups excluding carboxylic acids is 1. The first-order valence-electron chi connectivity index (χ1n) is 8.08. The summed E-state index contributed by atoms with van der Waals surface area (Å²) in [6, 6.07) is 10.0. The van der Waals surface area contributed by atoms with Crippen LogP contribution in [0.3, 0.4) is 0 Å². The second kappa shape index (κ2) is 8.00. The number of non-ortho nitro benzene ring substituents is 1. The Bertz CT molecular complexity index is 1010. The van der Waals surface area contributed by atoms with Crippen molar-refractivity contribution < 1.29 is 9.72 Å². The third-order valence-electron chi connectivity index (χ3n) is 3.90. The lowest BCUT2D eigenvalue weighted by atomic mass is 10.1. The van der Waals surface area contributed by atoms with Crippen LogP contribution in [0.25, 0.3) is 11.0 Å². The molecule has 0 atom stereocenters. The van der Waals surface area contributed by atoms with Gasteiger partial charge in [0.05, 0.1) is 27.9 Å². The number of nitrogens with one attached hydrogen (secondary N) is 2. The molecule has 0 spiro atoms. The first kappa shape index (κ1) is 18.6. The fraction of sp³-hybridized carbons (Fsp3) is 0.167. The largest absolute Gasteiger partial charge is 0.333 e. The number of rotatable bonds is 6. The maximum absolute atomic E-state index is 11.9. The molecule has 0 fully saturated rings. The van der Waals surface area contributed by atoms with Crippen LogP contribution in [0.15, 0.2) is 46.7 Å². The Kier molecular flexibility index (Phi) is 5.51. The van der Waals surface area contributed by atoms with Crippen LogP contribution in [0, 0.1) is 24.0 Å². The SMILES string of the molecule is Cc1cc2nc(SCC(=O)N/N=C/c3cccc([N+](=O)[O-])c3)[nH]c2cc1C. The summed E-state index contributed by atoms with van der Waals surface area (Å²) in [5.74, 6) is -0.154. The number of aromatic nitrogens is 2. The average molecular weight is 383 g/mol. The van der Waals surface area contributed by atoms with Crippen LogP contribution in [0.2, 0.25) is 0 Å². The van der Waals surface area contributed by atoms with Gasteiger partial charge in [0, 0.05) is 17.7 Å². The smallest absolute Gasteiger partial charge is 0.270 e. The van der Waals surface area contributed by atoms with Gasteiger partial charge in [0.25, 0.3) is 11.6 Å². The molecule has 138 valence electrons. The lowest BCUT2D eigenvalue weighted by Crippen LogP contribution is -2.19. The van der Waals surface area contributed by atoms with E-state index in [0.29, 0.717) is 10.7 Å². The monoisotopic (exact) mass is 383 g/mol. The fourth-order valence-corrected chi connectivity index (χ4v) is 3.06. The number of aryl methyl sites for hydroxylation is 2. The molecule has 0 aliphatic rings. The summed E-state index contributed by atoms with van der Waals surface area (Å²) in [6.45, 7) is 4.07. The Morgan fingerprint density at radius 1 is 1.33 bits per heavy atom. The first-order chi connectivity index (χ1) is 12.9. The summed E-state index contributed by atoms with van der Waals surface area (Å²) < 4.78 is 0. The highest BCUT2D eigenvalue weighted by atomic mass is 32.2. The van der Waals surface area contributed by atoms with Crippen molar-refractivity contribution >= 4 is 40.6 Å². The van der Waals surface area contributed by atoms with E-state index in [2.05, 4.69) is 20.5 Å². The molecule has 0 aliphatic heterocycles. The summed E-state index contributed by atoms with van der Waals surface area (Å²) in [4.78, 5) is 29.8. The fourth-order valence-electron chi connectivity index (χ4n) is 2.38. The molecule has 3 rings (SSSR count). The number of hydrogen-bond acceptors (Lipinski definition) is 6. The molecular weight excluding hydrogens is 366 g/mol. The molecule has 1 heterocycles. The molecule has 2 N–H and O–H groups in total. The number of hydrogen-bond donors (Lipinski definition) is 2. The molecule has 0 saturated heterocycles. The molecule has 8 nitrogen and oxygen atoms in total. The van der Waals surface area contributed by atoms with Gasteiger partial charge in [-0.2, -0.15) is 5.10 Å². The van der Waals surface area contributed by atoms with Crippen molar-refractivity contribution in [3.8, 4) is 0 Å². The molecule has 0 aliphatic carbocycles. The molecule has 3 aromatic rings. The van der Waals surface area contributed by atoms with Gasteiger partial charge in [-0.05, 0) is 37.1 Å². The minimum absolute atomic E-state index is 0.0313. The van der Waals surface area contributed by atoms with Crippen LogP contribution in [-0.2, 0) is 4.79 Å². The van der Waals surface area contributed by atoms with E-state index in [0.717, 1.165) is 11.0 Å². The van der Waals surface area contributed by atoms with E-state index in [1.54, 1.807) is 12.1 Å². The van der Waals surface area contributed by atoms with E-state index in [1.807, 2.05) is 26.0 Å². The number of amides is 1. The molecule has 27 heavy (non-hydrogen) atoms. The van der Waals surface area contributed by atoms with Gasteiger partial charge in [-0.3, -0.25) is 14.9 Å². The number of nitro benzene ring substituents is 1. The number of imidazole rings is 1. The van der Waals surface area contributed by atoms with Crippen LogP contribution < -0.4 is 5.43 Å². The highest BCUT2D eigenvalue weighted by Crippen LogP contribution is 2.22. The zero-order valence-corrected chi connectivity index (χ0v) is 15.5. The summed E-state index contributed by atoms with van der Waals surface area (Å²) in [6.07, 6.45) is 1.36. The van der Waals surface area contributed by atoms with Gasteiger partial charge in [0.15, 0.2) is 5.16 Å². The Morgan fingerprint density at radius 2 is 2.11 bits per heavy atom. The van der Waals surface area contributed by atoms with Gasteiger partial charge >= 0.3 is 0 Å². The van der Waals surface area contributed by atoms with Crippen molar-refractivity contribution in [1.29, 1.82) is 0 Å². The minimum atomic E-state index is -0.483. The topological polar surface area (TPSA) is 113 Å². The number of H-pyrrole nitrogens is 1. The zero-order valence-electron chi connectivity index (χ0n) is 14.7. The second-order valence-corrected chi connectivity index (χ2v) is 6.89. The number of aromatic amines is 1. The number of benzene rings is 2. The second-order valence-electron chi connectivity index (χ2n) is 5.93. The van der Waals surface area contributed by atoms with Gasteiger partial charge in [-0.25, -0.2) is 10.4 Å². The predicted octanol–water partition coefficient (Wildman–Crippen LogP) is 3.33. The molecule has 0 radical (unpaired) electrons. The van der Waals surface area contributed by atoms with Crippen molar-refractivity contribution in [3.05, 3.63) is 63.2 Å². The zero-order chi connectivity index (χ0) is 19.4. The van der Waals surface area contributed by atoms with E-state index in [1.165, 1.54) is 41.2 Å². The van der Waals surface area contributed by atoms with E-state index in [4.69, 9.17) is 0 Å². The van der Waals surface area contributed by atoms with Crippen LogP contribution >= 0.6 is 11.8 Å². The minimum Gasteiger partial charge on any atom is -0.333 e. The molecule has 9 heteroatoms. The Hall–Kier alpha value is -3.20. The number of nitro groups is 1. The standard InChI is InChI=1S/C18H17N5O3S/c1-11-6-15-16(7-12(11)2)21-18(20-15)27-10-17(24)22-19-9-13-4-3-5-14(8-13)23(25)26/h3-9H,10H2,1-2H3,(H,20,21)(H,22,24)/b19-9+. The van der Waals surface area contributed by atoms with Crippen molar-refractivity contribution in [2.45, 2.75) is 19.0 Å². The van der Waals surface area contributed by atoms with E-state index < -0.39 is 4.92 Å². The summed E-state index contributed by atoms with van der Waals surface area (Å²) in [5.41, 5.74) is 7.04. The maximum atomic E-state index is 11.9. The molecular formula is C18H17N5O3S. The average Bonchev–Trinajstić information content (AvgIpc) is 3.02. The van der Waals surface area contributed by atoms with E-state index >= 15 is 0 Å². The molecule has 0 bridgehead atoms. The lowest BCUT2D eigenvalue weighted by Gasteiger charge is -1.98.